The van der Waals surface area contributed by atoms with E-state index in [9.17, 15) is 5.11 Å². The van der Waals surface area contributed by atoms with Crippen LogP contribution in [-0.4, -0.2) is 17.5 Å². The molecule has 1 N–H and O–H groups in total. The van der Waals surface area contributed by atoms with Crippen LogP contribution in [0.1, 0.15) is 31.1 Å². The minimum Gasteiger partial charge on any atom is -0.392 e. The predicted octanol–water partition coefficient (Wildman–Crippen LogP) is 2.00. The molecule has 2 rings (SSSR count). The molecule has 0 amide bonds. The van der Waals surface area contributed by atoms with Crippen molar-refractivity contribution >= 4 is 0 Å². The lowest BCUT2D eigenvalue weighted by molar-refractivity contribution is -0.139. The van der Waals surface area contributed by atoms with E-state index in [1.165, 1.54) is 0 Å². The van der Waals surface area contributed by atoms with Crippen molar-refractivity contribution in [3.63, 3.8) is 0 Å². The van der Waals surface area contributed by atoms with Gasteiger partial charge in [-0.1, -0.05) is 24.3 Å². The molecule has 0 spiro atoms. The second kappa shape index (κ2) is 3.93. The molecule has 1 saturated heterocycles. The van der Waals surface area contributed by atoms with Gasteiger partial charge >= 0.3 is 0 Å². The maximum absolute atomic E-state index is 9.21. The van der Waals surface area contributed by atoms with Crippen LogP contribution in [0.4, 0.5) is 0 Å². The molecular weight excluding hydrogens is 192 g/mol. The van der Waals surface area contributed by atoms with Crippen LogP contribution in [0, 0.1) is 0 Å². The third kappa shape index (κ3) is 2.20. The normalized spacial score (nSPS) is 24.3. The lowest BCUT2D eigenvalue weighted by Gasteiger charge is -2.18. The van der Waals surface area contributed by atoms with Crippen LogP contribution in [0.15, 0.2) is 24.3 Å². The van der Waals surface area contributed by atoms with E-state index in [0.717, 1.165) is 11.1 Å². The van der Waals surface area contributed by atoms with Gasteiger partial charge in [0.2, 0.25) is 0 Å². The largest absolute Gasteiger partial charge is 0.392 e. The topological polar surface area (TPSA) is 38.7 Å². The summed E-state index contributed by atoms with van der Waals surface area (Å²) in [6.07, 6.45) is -0.0663. The minimum atomic E-state index is -0.521. The fourth-order valence-electron chi connectivity index (χ4n) is 1.83. The quantitative estimate of drug-likeness (QED) is 0.808. The molecule has 15 heavy (non-hydrogen) atoms. The Labute approximate surface area is 89.6 Å². The standard InChI is InChI=1S/C12H16O3/c1-12(2)14-8-11(15-12)10-6-4-3-5-9(10)7-13/h3-6,11,13H,7-8H2,1-2H3. The monoisotopic (exact) mass is 208 g/mol. The first-order valence-electron chi connectivity index (χ1n) is 5.13. The van der Waals surface area contributed by atoms with E-state index in [4.69, 9.17) is 9.47 Å². The summed E-state index contributed by atoms with van der Waals surface area (Å²) < 4.78 is 11.2. The lowest BCUT2D eigenvalue weighted by Crippen LogP contribution is -2.19. The number of aliphatic hydroxyl groups is 1. The molecule has 1 aromatic rings. The van der Waals surface area contributed by atoms with Crippen molar-refractivity contribution in [2.45, 2.75) is 32.3 Å². The van der Waals surface area contributed by atoms with Gasteiger partial charge in [0.25, 0.3) is 0 Å². The maximum atomic E-state index is 9.21. The molecule has 1 fully saturated rings. The summed E-state index contributed by atoms with van der Waals surface area (Å²) in [5, 5.41) is 9.21. The lowest BCUT2D eigenvalue weighted by atomic mass is 10.0. The van der Waals surface area contributed by atoms with E-state index in [-0.39, 0.29) is 12.7 Å². The van der Waals surface area contributed by atoms with Crippen LogP contribution >= 0.6 is 0 Å². The van der Waals surface area contributed by atoms with Crippen molar-refractivity contribution in [3.8, 4) is 0 Å². The highest BCUT2D eigenvalue weighted by atomic mass is 16.7. The Hall–Kier alpha value is -0.900. The van der Waals surface area contributed by atoms with Crippen molar-refractivity contribution in [1.29, 1.82) is 0 Å². The molecule has 1 aliphatic heterocycles. The van der Waals surface area contributed by atoms with Gasteiger partial charge in [-0.05, 0) is 25.0 Å². The summed E-state index contributed by atoms with van der Waals surface area (Å²) in [6.45, 7) is 4.38. The van der Waals surface area contributed by atoms with Crippen LogP contribution in [0.5, 0.6) is 0 Å². The number of aliphatic hydroxyl groups excluding tert-OH is 1. The second-order valence-corrected chi connectivity index (χ2v) is 4.17. The first-order chi connectivity index (χ1) is 7.12. The van der Waals surface area contributed by atoms with Gasteiger partial charge in [0.15, 0.2) is 5.79 Å². The molecule has 3 nitrogen and oxygen atoms in total. The van der Waals surface area contributed by atoms with Gasteiger partial charge < -0.3 is 14.6 Å². The number of benzene rings is 1. The molecule has 1 atom stereocenters. The highest BCUT2D eigenvalue weighted by Gasteiger charge is 2.34. The van der Waals surface area contributed by atoms with Crippen molar-refractivity contribution in [3.05, 3.63) is 35.4 Å². The van der Waals surface area contributed by atoms with Gasteiger partial charge in [-0.25, -0.2) is 0 Å². The molecule has 1 aromatic carbocycles. The summed E-state index contributed by atoms with van der Waals surface area (Å²) in [6, 6.07) is 7.74. The highest BCUT2D eigenvalue weighted by Crippen LogP contribution is 2.34. The number of ether oxygens (including phenoxy) is 2. The molecule has 1 unspecified atom stereocenters. The van der Waals surface area contributed by atoms with Gasteiger partial charge in [-0.3, -0.25) is 0 Å². The fourth-order valence-corrected chi connectivity index (χ4v) is 1.83. The van der Waals surface area contributed by atoms with E-state index in [2.05, 4.69) is 0 Å². The summed E-state index contributed by atoms with van der Waals surface area (Å²) in [5.74, 6) is -0.521. The zero-order chi connectivity index (χ0) is 10.9. The van der Waals surface area contributed by atoms with Crippen LogP contribution in [0.2, 0.25) is 0 Å². The van der Waals surface area contributed by atoms with Crippen LogP contribution in [-0.2, 0) is 16.1 Å². The Bertz CT molecular complexity index is 346. The third-order valence-corrected chi connectivity index (χ3v) is 2.58. The van der Waals surface area contributed by atoms with E-state index >= 15 is 0 Å². The van der Waals surface area contributed by atoms with Crippen molar-refractivity contribution in [2.24, 2.45) is 0 Å². The fraction of sp³-hybridized carbons (Fsp3) is 0.500. The van der Waals surface area contributed by atoms with Crippen molar-refractivity contribution < 1.29 is 14.6 Å². The van der Waals surface area contributed by atoms with Crippen molar-refractivity contribution in [1.82, 2.24) is 0 Å². The highest BCUT2D eigenvalue weighted by molar-refractivity contribution is 5.29. The Morgan fingerprint density at radius 3 is 2.73 bits per heavy atom. The first kappa shape index (κ1) is 10.6. The zero-order valence-electron chi connectivity index (χ0n) is 9.06. The molecule has 0 radical (unpaired) electrons. The second-order valence-electron chi connectivity index (χ2n) is 4.17. The average Bonchev–Trinajstić information content (AvgIpc) is 2.59. The van der Waals surface area contributed by atoms with Crippen LogP contribution in [0.3, 0.4) is 0 Å². The summed E-state index contributed by atoms with van der Waals surface area (Å²) in [5.41, 5.74) is 1.93. The van der Waals surface area contributed by atoms with Gasteiger partial charge in [0.05, 0.1) is 13.2 Å². The van der Waals surface area contributed by atoms with Crippen LogP contribution < -0.4 is 0 Å². The Morgan fingerprint density at radius 2 is 2.13 bits per heavy atom. The third-order valence-electron chi connectivity index (χ3n) is 2.58. The summed E-state index contributed by atoms with van der Waals surface area (Å²) >= 11 is 0. The molecule has 0 aliphatic carbocycles. The molecule has 1 heterocycles. The number of hydrogen-bond acceptors (Lipinski definition) is 3. The first-order valence-corrected chi connectivity index (χ1v) is 5.13. The zero-order valence-corrected chi connectivity index (χ0v) is 9.06. The number of hydrogen-bond donors (Lipinski definition) is 1. The van der Waals surface area contributed by atoms with E-state index < -0.39 is 5.79 Å². The molecule has 0 saturated carbocycles. The van der Waals surface area contributed by atoms with E-state index in [0.29, 0.717) is 6.61 Å². The van der Waals surface area contributed by atoms with Gasteiger partial charge in [-0.15, -0.1) is 0 Å². The van der Waals surface area contributed by atoms with Crippen LogP contribution in [0.25, 0.3) is 0 Å². The minimum absolute atomic E-state index is 0.0382. The Morgan fingerprint density at radius 1 is 1.40 bits per heavy atom. The molecule has 82 valence electrons. The maximum Gasteiger partial charge on any atom is 0.163 e. The SMILES string of the molecule is CC1(C)OCC(c2ccccc2CO)O1. The Balaban J connectivity index is 2.23. The van der Waals surface area contributed by atoms with E-state index in [1.54, 1.807) is 0 Å². The van der Waals surface area contributed by atoms with Gasteiger partial charge in [0.1, 0.15) is 6.10 Å². The average molecular weight is 208 g/mol. The number of rotatable bonds is 2. The van der Waals surface area contributed by atoms with Crippen molar-refractivity contribution in [2.75, 3.05) is 6.61 Å². The molecule has 1 aliphatic rings. The van der Waals surface area contributed by atoms with Gasteiger partial charge in [-0.2, -0.15) is 0 Å². The molecule has 3 heteroatoms. The van der Waals surface area contributed by atoms with Gasteiger partial charge in [0, 0.05) is 0 Å². The van der Waals surface area contributed by atoms with E-state index in [1.807, 2.05) is 38.1 Å². The molecule has 0 bridgehead atoms. The summed E-state index contributed by atoms with van der Waals surface area (Å²) in [4.78, 5) is 0. The molecule has 0 aromatic heterocycles. The smallest absolute Gasteiger partial charge is 0.163 e. The predicted molar refractivity (Wildman–Crippen MR) is 56.2 cm³/mol. The molecular formula is C12H16O3. The Kier molecular flexibility index (Phi) is 2.78. The summed E-state index contributed by atoms with van der Waals surface area (Å²) in [7, 11) is 0.